The fourth-order valence-electron chi connectivity index (χ4n) is 3.12. The van der Waals surface area contributed by atoms with Gasteiger partial charge in [-0.3, -0.25) is 4.99 Å². The Morgan fingerprint density at radius 3 is 1.96 bits per heavy atom. The first-order valence-corrected chi connectivity index (χ1v) is 9.89. The first-order chi connectivity index (χ1) is 10.7. The van der Waals surface area contributed by atoms with Gasteiger partial charge < -0.3 is 0 Å². The molecule has 0 aliphatic carbocycles. The number of rotatable bonds is 11. The molecule has 0 aliphatic heterocycles. The van der Waals surface area contributed by atoms with Crippen LogP contribution in [0, 0.1) is 29.6 Å². The second kappa shape index (κ2) is 11.9. The van der Waals surface area contributed by atoms with E-state index in [1.54, 1.807) is 5.57 Å². The highest BCUT2D eigenvalue weighted by molar-refractivity contribution is 5.61. The van der Waals surface area contributed by atoms with Crippen LogP contribution in [-0.4, -0.2) is 12.3 Å². The van der Waals surface area contributed by atoms with Crippen LogP contribution in [0.1, 0.15) is 88.0 Å². The lowest BCUT2D eigenvalue weighted by molar-refractivity contribution is 0.253. The third-order valence-corrected chi connectivity index (χ3v) is 5.53. The van der Waals surface area contributed by atoms with Crippen LogP contribution in [0.2, 0.25) is 0 Å². The predicted molar refractivity (Wildman–Crippen MR) is 107 cm³/mol. The molecular formula is C22H43N. The van der Waals surface area contributed by atoms with Gasteiger partial charge in [0.05, 0.1) is 0 Å². The number of hydrogen-bond donors (Lipinski definition) is 0. The molecule has 0 aromatic heterocycles. The maximum absolute atomic E-state index is 4.53. The van der Waals surface area contributed by atoms with Gasteiger partial charge in [0.2, 0.25) is 0 Å². The molecule has 0 spiro atoms. The van der Waals surface area contributed by atoms with Crippen molar-refractivity contribution in [3.05, 3.63) is 11.6 Å². The van der Waals surface area contributed by atoms with Gasteiger partial charge in [-0.25, -0.2) is 0 Å². The lowest BCUT2D eigenvalue weighted by Crippen LogP contribution is -2.16. The summed E-state index contributed by atoms with van der Waals surface area (Å²) in [6.07, 6.45) is 9.83. The molecule has 0 bridgehead atoms. The monoisotopic (exact) mass is 321 g/mol. The molecule has 136 valence electrons. The molecule has 5 unspecified atom stereocenters. The normalized spacial score (nSPS) is 19.8. The van der Waals surface area contributed by atoms with Crippen molar-refractivity contribution in [3.63, 3.8) is 0 Å². The quantitative estimate of drug-likeness (QED) is 0.282. The minimum atomic E-state index is 0.405. The summed E-state index contributed by atoms with van der Waals surface area (Å²) in [5, 5.41) is 0. The van der Waals surface area contributed by atoms with Crippen LogP contribution in [0.3, 0.4) is 0 Å². The van der Waals surface area contributed by atoms with E-state index in [1.807, 2.05) is 0 Å². The number of nitrogens with zero attached hydrogens (tertiary/aromatic N) is 1. The van der Waals surface area contributed by atoms with Crippen LogP contribution in [0.5, 0.6) is 0 Å². The van der Waals surface area contributed by atoms with Crippen molar-refractivity contribution < 1.29 is 0 Å². The van der Waals surface area contributed by atoms with Gasteiger partial charge in [-0.2, -0.15) is 0 Å². The average Bonchev–Trinajstić information content (AvgIpc) is 2.49. The van der Waals surface area contributed by atoms with Crippen LogP contribution in [0.15, 0.2) is 16.6 Å². The summed E-state index contributed by atoms with van der Waals surface area (Å²) in [6.45, 7) is 20.8. The van der Waals surface area contributed by atoms with Gasteiger partial charge in [-0.1, -0.05) is 66.0 Å². The standard InChI is InChI=1S/C22H43N/c1-10-11-18(5)22(9)19(6)13-12-17(4)14-20(7)21(8)15-23-16(2)3/h14-16,18-22H,10-13H2,1-9H3. The third kappa shape index (κ3) is 9.99. The van der Waals surface area contributed by atoms with Gasteiger partial charge in [0, 0.05) is 12.3 Å². The molecule has 23 heavy (non-hydrogen) atoms. The highest BCUT2D eigenvalue weighted by atomic mass is 14.7. The molecule has 0 heterocycles. The lowest BCUT2D eigenvalue weighted by atomic mass is 9.80. The second-order valence-corrected chi connectivity index (χ2v) is 8.26. The highest BCUT2D eigenvalue weighted by Gasteiger charge is 2.18. The molecule has 0 amide bonds. The molecule has 0 N–H and O–H groups in total. The van der Waals surface area contributed by atoms with Crippen LogP contribution >= 0.6 is 0 Å². The number of aliphatic imine (C=N–C) groups is 1. The van der Waals surface area contributed by atoms with Crippen molar-refractivity contribution in [1.82, 2.24) is 0 Å². The second-order valence-electron chi connectivity index (χ2n) is 8.26. The molecule has 0 aromatic carbocycles. The van der Waals surface area contributed by atoms with Gasteiger partial charge in [0.1, 0.15) is 0 Å². The Kier molecular flexibility index (Phi) is 11.6. The summed E-state index contributed by atoms with van der Waals surface area (Å²) in [4.78, 5) is 4.53. The van der Waals surface area contributed by atoms with Crippen molar-refractivity contribution in [2.75, 3.05) is 0 Å². The Balaban J connectivity index is 4.38. The van der Waals surface area contributed by atoms with Crippen molar-refractivity contribution in [3.8, 4) is 0 Å². The van der Waals surface area contributed by atoms with E-state index in [1.165, 1.54) is 25.7 Å². The van der Waals surface area contributed by atoms with E-state index in [0.717, 1.165) is 17.8 Å². The Hall–Kier alpha value is -0.590. The zero-order valence-electron chi connectivity index (χ0n) is 17.4. The Bertz CT molecular complexity index is 353. The summed E-state index contributed by atoms with van der Waals surface area (Å²) in [5.41, 5.74) is 1.55. The Labute approximate surface area is 147 Å². The highest BCUT2D eigenvalue weighted by Crippen LogP contribution is 2.28. The summed E-state index contributed by atoms with van der Waals surface area (Å²) < 4.78 is 0. The van der Waals surface area contributed by atoms with E-state index in [4.69, 9.17) is 0 Å². The molecule has 1 nitrogen and oxygen atoms in total. The van der Waals surface area contributed by atoms with Crippen LogP contribution in [-0.2, 0) is 0 Å². The Morgan fingerprint density at radius 1 is 0.870 bits per heavy atom. The van der Waals surface area contributed by atoms with Gasteiger partial charge in [0.15, 0.2) is 0 Å². The minimum absolute atomic E-state index is 0.405. The fraction of sp³-hybridized carbons (Fsp3) is 0.864. The molecule has 0 aromatic rings. The molecule has 1 heteroatoms. The molecule has 0 aliphatic rings. The van der Waals surface area contributed by atoms with E-state index in [2.05, 4.69) is 79.6 Å². The Morgan fingerprint density at radius 2 is 1.43 bits per heavy atom. The predicted octanol–water partition coefficient (Wildman–Crippen LogP) is 7.17. The first kappa shape index (κ1) is 22.4. The van der Waals surface area contributed by atoms with Crippen molar-refractivity contribution in [2.45, 2.75) is 94.0 Å². The van der Waals surface area contributed by atoms with Crippen LogP contribution < -0.4 is 0 Å². The average molecular weight is 322 g/mol. The van der Waals surface area contributed by atoms with Gasteiger partial charge in [-0.15, -0.1) is 0 Å². The maximum Gasteiger partial charge on any atom is 0.0439 e. The van der Waals surface area contributed by atoms with Gasteiger partial charge in [0.25, 0.3) is 0 Å². The van der Waals surface area contributed by atoms with Crippen molar-refractivity contribution >= 4 is 6.21 Å². The summed E-state index contributed by atoms with van der Waals surface area (Å²) >= 11 is 0. The van der Waals surface area contributed by atoms with E-state index >= 15 is 0 Å². The molecule has 0 saturated carbocycles. The van der Waals surface area contributed by atoms with E-state index in [0.29, 0.717) is 17.9 Å². The van der Waals surface area contributed by atoms with Crippen molar-refractivity contribution in [1.29, 1.82) is 0 Å². The lowest BCUT2D eigenvalue weighted by Gasteiger charge is -2.26. The fourth-order valence-corrected chi connectivity index (χ4v) is 3.12. The molecular weight excluding hydrogens is 278 g/mol. The topological polar surface area (TPSA) is 12.4 Å². The van der Waals surface area contributed by atoms with Gasteiger partial charge >= 0.3 is 0 Å². The van der Waals surface area contributed by atoms with Gasteiger partial charge in [-0.05, 0) is 63.2 Å². The molecule has 0 fully saturated rings. The zero-order chi connectivity index (χ0) is 18.0. The van der Waals surface area contributed by atoms with E-state index < -0.39 is 0 Å². The summed E-state index contributed by atoms with van der Waals surface area (Å²) in [7, 11) is 0. The van der Waals surface area contributed by atoms with Crippen LogP contribution in [0.25, 0.3) is 0 Å². The molecule has 0 saturated heterocycles. The molecule has 5 atom stereocenters. The van der Waals surface area contributed by atoms with Crippen molar-refractivity contribution in [2.24, 2.45) is 34.6 Å². The maximum atomic E-state index is 4.53. The first-order valence-electron chi connectivity index (χ1n) is 9.89. The molecule has 0 rings (SSSR count). The summed E-state index contributed by atoms with van der Waals surface area (Å²) in [5.74, 6) is 3.59. The smallest absolute Gasteiger partial charge is 0.0439 e. The number of hydrogen-bond acceptors (Lipinski definition) is 1. The molecule has 0 radical (unpaired) electrons. The number of allylic oxidation sites excluding steroid dienone is 2. The van der Waals surface area contributed by atoms with E-state index in [9.17, 15) is 0 Å². The third-order valence-electron chi connectivity index (χ3n) is 5.53. The SMILES string of the molecule is CCCC(C)C(C)C(C)CCC(C)=CC(C)C(C)C=NC(C)C. The van der Waals surface area contributed by atoms with E-state index in [-0.39, 0.29) is 0 Å². The largest absolute Gasteiger partial charge is 0.294 e. The van der Waals surface area contributed by atoms with Crippen LogP contribution in [0.4, 0.5) is 0 Å². The zero-order valence-corrected chi connectivity index (χ0v) is 17.4. The summed E-state index contributed by atoms with van der Waals surface area (Å²) in [6, 6.07) is 0.405. The minimum Gasteiger partial charge on any atom is -0.294 e.